The maximum Gasteiger partial charge on any atom is 0.235 e. The average molecular weight is 203 g/mol. The van der Waals surface area contributed by atoms with E-state index in [9.17, 15) is 4.79 Å². The molecule has 15 heavy (non-hydrogen) atoms. The maximum absolute atomic E-state index is 10.1. The lowest BCUT2D eigenvalue weighted by molar-refractivity contribution is 0.357. The minimum absolute atomic E-state index is 0.00266. The van der Waals surface area contributed by atoms with Crippen molar-refractivity contribution in [2.45, 2.75) is 25.8 Å². The van der Waals surface area contributed by atoms with Crippen LogP contribution in [0.4, 0.5) is 0 Å². The Morgan fingerprint density at radius 1 is 1.60 bits per heavy atom. The molecular weight excluding hydrogens is 190 g/mol. The highest BCUT2D eigenvalue weighted by atomic mass is 16.5. The van der Waals surface area contributed by atoms with Crippen LogP contribution in [-0.2, 0) is 17.6 Å². The first-order valence-electron chi connectivity index (χ1n) is 5.11. The number of carbonyl (C=O) groups excluding carboxylic acids is 1. The van der Waals surface area contributed by atoms with Gasteiger partial charge >= 0.3 is 0 Å². The van der Waals surface area contributed by atoms with Crippen molar-refractivity contribution in [2.75, 3.05) is 6.61 Å². The molecule has 0 fully saturated rings. The molecule has 3 heteroatoms. The van der Waals surface area contributed by atoms with Gasteiger partial charge in [0.15, 0.2) is 0 Å². The van der Waals surface area contributed by atoms with Crippen LogP contribution in [0.2, 0.25) is 0 Å². The largest absolute Gasteiger partial charge is 0.493 e. The molecule has 1 aliphatic rings. The number of fused-ring (bicyclic) bond motifs is 1. The van der Waals surface area contributed by atoms with E-state index in [1.165, 1.54) is 11.1 Å². The van der Waals surface area contributed by atoms with Crippen LogP contribution in [-0.4, -0.2) is 18.7 Å². The summed E-state index contributed by atoms with van der Waals surface area (Å²) in [5.74, 6) is 0.991. The highest BCUT2D eigenvalue weighted by molar-refractivity contribution is 5.40. The third-order valence-electron chi connectivity index (χ3n) is 2.56. The third kappa shape index (κ3) is 2.25. The predicted octanol–water partition coefficient (Wildman–Crippen LogP) is 1.89. The monoisotopic (exact) mass is 203 g/mol. The fourth-order valence-corrected chi connectivity index (χ4v) is 1.84. The Morgan fingerprint density at radius 2 is 2.47 bits per heavy atom. The van der Waals surface area contributed by atoms with Gasteiger partial charge in [0, 0.05) is 6.42 Å². The average Bonchev–Trinajstić information content (AvgIpc) is 2.65. The van der Waals surface area contributed by atoms with Crippen molar-refractivity contribution >= 4 is 6.08 Å². The van der Waals surface area contributed by atoms with E-state index in [-0.39, 0.29) is 6.04 Å². The van der Waals surface area contributed by atoms with Crippen LogP contribution in [0.15, 0.2) is 23.2 Å². The van der Waals surface area contributed by atoms with E-state index in [4.69, 9.17) is 4.74 Å². The van der Waals surface area contributed by atoms with Gasteiger partial charge in [-0.05, 0) is 30.5 Å². The molecule has 1 aromatic carbocycles. The van der Waals surface area contributed by atoms with Crippen LogP contribution in [0.1, 0.15) is 18.1 Å². The molecule has 0 saturated heterocycles. The highest BCUT2D eigenvalue weighted by Crippen LogP contribution is 2.26. The zero-order valence-corrected chi connectivity index (χ0v) is 8.69. The molecule has 0 saturated carbocycles. The van der Waals surface area contributed by atoms with E-state index in [2.05, 4.69) is 11.1 Å². The van der Waals surface area contributed by atoms with Gasteiger partial charge in [-0.3, -0.25) is 0 Å². The van der Waals surface area contributed by atoms with Crippen LogP contribution in [0.5, 0.6) is 5.75 Å². The Balaban J connectivity index is 2.13. The second kappa shape index (κ2) is 4.28. The van der Waals surface area contributed by atoms with Gasteiger partial charge in [-0.1, -0.05) is 12.1 Å². The van der Waals surface area contributed by atoms with Crippen molar-refractivity contribution in [2.24, 2.45) is 4.99 Å². The predicted molar refractivity (Wildman–Crippen MR) is 56.9 cm³/mol. The van der Waals surface area contributed by atoms with Crippen LogP contribution >= 0.6 is 0 Å². The van der Waals surface area contributed by atoms with E-state index >= 15 is 0 Å². The van der Waals surface area contributed by atoms with Crippen molar-refractivity contribution in [3.8, 4) is 5.75 Å². The number of hydrogen-bond acceptors (Lipinski definition) is 3. The van der Waals surface area contributed by atoms with E-state index in [1.54, 1.807) is 6.08 Å². The van der Waals surface area contributed by atoms with Gasteiger partial charge < -0.3 is 4.74 Å². The van der Waals surface area contributed by atoms with E-state index in [1.807, 2.05) is 19.1 Å². The Labute approximate surface area is 88.8 Å². The minimum Gasteiger partial charge on any atom is -0.493 e. The van der Waals surface area contributed by atoms with Gasteiger partial charge in [-0.15, -0.1) is 0 Å². The third-order valence-corrected chi connectivity index (χ3v) is 2.56. The van der Waals surface area contributed by atoms with E-state index in [0.29, 0.717) is 0 Å². The number of nitrogens with zero attached hydrogens (tertiary/aromatic N) is 1. The number of hydrogen-bond donors (Lipinski definition) is 0. The summed E-state index contributed by atoms with van der Waals surface area (Å²) in [5, 5.41) is 0. The first-order valence-corrected chi connectivity index (χ1v) is 5.11. The fraction of sp³-hybridized carbons (Fsp3) is 0.417. The number of benzene rings is 1. The molecule has 1 unspecified atom stereocenters. The normalized spacial score (nSPS) is 15.0. The summed E-state index contributed by atoms with van der Waals surface area (Å²) < 4.78 is 5.42. The van der Waals surface area contributed by atoms with Crippen molar-refractivity contribution in [3.63, 3.8) is 0 Å². The molecule has 0 aliphatic carbocycles. The first-order chi connectivity index (χ1) is 7.29. The Morgan fingerprint density at radius 3 is 3.27 bits per heavy atom. The second-order valence-corrected chi connectivity index (χ2v) is 3.81. The Kier molecular flexibility index (Phi) is 2.84. The minimum atomic E-state index is 0.00266. The Hall–Kier alpha value is -1.60. The van der Waals surface area contributed by atoms with Crippen LogP contribution in [0.25, 0.3) is 0 Å². The first kappa shape index (κ1) is 9.94. The molecule has 0 spiro atoms. The second-order valence-electron chi connectivity index (χ2n) is 3.81. The molecule has 0 aromatic heterocycles. The molecule has 0 amide bonds. The van der Waals surface area contributed by atoms with Crippen molar-refractivity contribution < 1.29 is 9.53 Å². The van der Waals surface area contributed by atoms with Crippen LogP contribution in [0, 0.1) is 0 Å². The number of isocyanates is 1. The number of ether oxygens (including phenoxy) is 1. The molecule has 3 nitrogen and oxygen atoms in total. The molecule has 1 aromatic rings. The molecule has 1 aliphatic heterocycles. The summed E-state index contributed by atoms with van der Waals surface area (Å²) in [5.41, 5.74) is 2.46. The lowest BCUT2D eigenvalue weighted by atomic mass is 10.0. The molecule has 0 radical (unpaired) electrons. The molecule has 2 rings (SSSR count). The summed E-state index contributed by atoms with van der Waals surface area (Å²) >= 11 is 0. The van der Waals surface area contributed by atoms with Crippen molar-refractivity contribution in [3.05, 3.63) is 29.3 Å². The molecule has 1 heterocycles. The lowest BCUT2D eigenvalue weighted by Crippen LogP contribution is -2.02. The molecule has 0 N–H and O–H groups in total. The number of aliphatic imine (C=N–C) groups is 1. The van der Waals surface area contributed by atoms with Gasteiger partial charge in [0.1, 0.15) is 5.75 Å². The molecule has 1 atom stereocenters. The molecule has 0 bridgehead atoms. The number of rotatable bonds is 3. The van der Waals surface area contributed by atoms with Gasteiger partial charge in [0.05, 0.1) is 12.6 Å². The standard InChI is InChI=1S/C12H13NO2/c1-9(13-8-14)6-10-2-3-12-11(7-10)4-5-15-12/h2-3,7,9H,4-6H2,1H3. The van der Waals surface area contributed by atoms with Gasteiger partial charge in [-0.25, -0.2) is 9.79 Å². The molecular formula is C12H13NO2. The molecule has 78 valence electrons. The summed E-state index contributed by atoms with van der Waals surface area (Å²) in [6.07, 6.45) is 3.35. The summed E-state index contributed by atoms with van der Waals surface area (Å²) in [7, 11) is 0. The van der Waals surface area contributed by atoms with Gasteiger partial charge in [-0.2, -0.15) is 0 Å². The highest BCUT2D eigenvalue weighted by Gasteiger charge is 2.12. The SMILES string of the molecule is CC(Cc1ccc2c(c1)CCO2)N=C=O. The smallest absolute Gasteiger partial charge is 0.235 e. The lowest BCUT2D eigenvalue weighted by Gasteiger charge is -2.06. The zero-order valence-electron chi connectivity index (χ0n) is 8.69. The van der Waals surface area contributed by atoms with Crippen LogP contribution < -0.4 is 4.74 Å². The summed E-state index contributed by atoms with van der Waals surface area (Å²) in [6.45, 7) is 2.69. The van der Waals surface area contributed by atoms with Gasteiger partial charge in [0.2, 0.25) is 6.08 Å². The fourth-order valence-electron chi connectivity index (χ4n) is 1.84. The zero-order chi connectivity index (χ0) is 10.7. The van der Waals surface area contributed by atoms with Gasteiger partial charge in [0.25, 0.3) is 0 Å². The Bertz CT molecular complexity index is 408. The summed E-state index contributed by atoms with van der Waals surface area (Å²) in [4.78, 5) is 13.8. The topological polar surface area (TPSA) is 38.7 Å². The van der Waals surface area contributed by atoms with E-state index < -0.39 is 0 Å². The van der Waals surface area contributed by atoms with Crippen molar-refractivity contribution in [1.29, 1.82) is 0 Å². The van der Waals surface area contributed by atoms with Crippen molar-refractivity contribution in [1.82, 2.24) is 0 Å². The maximum atomic E-state index is 10.1. The van der Waals surface area contributed by atoms with Crippen LogP contribution in [0.3, 0.4) is 0 Å². The van der Waals surface area contributed by atoms with E-state index in [0.717, 1.165) is 25.2 Å². The quantitative estimate of drug-likeness (QED) is 0.555. The summed E-state index contributed by atoms with van der Waals surface area (Å²) in [6, 6.07) is 6.16.